The van der Waals surface area contributed by atoms with E-state index in [4.69, 9.17) is 4.74 Å². The summed E-state index contributed by atoms with van der Waals surface area (Å²) in [6.45, 7) is 7.54. The van der Waals surface area contributed by atoms with Gasteiger partial charge in [0.15, 0.2) is 0 Å². The van der Waals surface area contributed by atoms with E-state index in [1.54, 1.807) is 0 Å². The molecule has 126 valence electrons. The van der Waals surface area contributed by atoms with E-state index < -0.39 is 6.03 Å². The van der Waals surface area contributed by atoms with Crippen LogP contribution in [0.15, 0.2) is 30.3 Å². The standard InChI is InChI=1S/C17H25N3O3/c1-12-10-20(11-13(2)23-12)14(3)16(21)19-17(22)18-9-15-7-5-4-6-8-15/h4-8,12-14H,9-11H2,1-3H3,(H2,18,19,21,22)/t12-,13+,14-/m0/s1. The first-order valence-corrected chi connectivity index (χ1v) is 7.98. The van der Waals surface area contributed by atoms with Crippen molar-refractivity contribution in [2.45, 2.75) is 45.6 Å². The summed E-state index contributed by atoms with van der Waals surface area (Å²) in [5.41, 5.74) is 0.985. The number of carbonyl (C=O) groups is 2. The number of ether oxygens (including phenoxy) is 1. The first-order chi connectivity index (χ1) is 11.0. The Morgan fingerprint density at radius 3 is 2.43 bits per heavy atom. The highest BCUT2D eigenvalue weighted by molar-refractivity contribution is 5.96. The second-order valence-electron chi connectivity index (χ2n) is 6.04. The van der Waals surface area contributed by atoms with Crippen LogP contribution in [0.5, 0.6) is 0 Å². The average molecular weight is 319 g/mol. The van der Waals surface area contributed by atoms with E-state index in [1.165, 1.54) is 0 Å². The minimum absolute atomic E-state index is 0.0842. The van der Waals surface area contributed by atoms with Crippen molar-refractivity contribution in [1.29, 1.82) is 0 Å². The van der Waals surface area contributed by atoms with E-state index in [0.717, 1.165) is 5.56 Å². The zero-order valence-corrected chi connectivity index (χ0v) is 13.9. The molecule has 6 nitrogen and oxygen atoms in total. The largest absolute Gasteiger partial charge is 0.373 e. The molecule has 1 aromatic carbocycles. The highest BCUT2D eigenvalue weighted by atomic mass is 16.5. The first-order valence-electron chi connectivity index (χ1n) is 7.98. The van der Waals surface area contributed by atoms with Gasteiger partial charge in [-0.2, -0.15) is 0 Å². The number of urea groups is 1. The summed E-state index contributed by atoms with van der Waals surface area (Å²) in [5, 5.41) is 5.10. The van der Waals surface area contributed by atoms with E-state index in [0.29, 0.717) is 19.6 Å². The molecule has 1 aliphatic rings. The topological polar surface area (TPSA) is 70.7 Å². The van der Waals surface area contributed by atoms with Gasteiger partial charge in [-0.1, -0.05) is 30.3 Å². The Balaban J connectivity index is 1.79. The Labute approximate surface area is 137 Å². The average Bonchev–Trinajstić information content (AvgIpc) is 2.52. The summed E-state index contributed by atoms with van der Waals surface area (Å²) in [5.74, 6) is -0.295. The van der Waals surface area contributed by atoms with Gasteiger partial charge < -0.3 is 10.1 Å². The monoisotopic (exact) mass is 319 g/mol. The van der Waals surface area contributed by atoms with Crippen LogP contribution in [0.25, 0.3) is 0 Å². The lowest BCUT2D eigenvalue weighted by Crippen LogP contribution is -2.55. The summed E-state index contributed by atoms with van der Waals surface area (Å²) in [6, 6.07) is 8.72. The zero-order chi connectivity index (χ0) is 16.8. The third-order valence-electron chi connectivity index (χ3n) is 3.91. The Kier molecular flexibility index (Phi) is 6.12. The molecule has 0 unspecified atom stereocenters. The zero-order valence-electron chi connectivity index (χ0n) is 13.9. The molecule has 1 aliphatic heterocycles. The molecule has 0 spiro atoms. The van der Waals surface area contributed by atoms with Crippen molar-refractivity contribution in [3.05, 3.63) is 35.9 Å². The van der Waals surface area contributed by atoms with Crippen molar-refractivity contribution in [3.63, 3.8) is 0 Å². The van der Waals surface area contributed by atoms with Crippen molar-refractivity contribution in [1.82, 2.24) is 15.5 Å². The number of morpholine rings is 1. The first kappa shape index (κ1) is 17.4. The molecule has 1 heterocycles. The molecule has 3 amide bonds. The van der Waals surface area contributed by atoms with E-state index in [1.807, 2.05) is 56.0 Å². The van der Waals surface area contributed by atoms with Crippen LogP contribution in [-0.4, -0.2) is 48.2 Å². The Hall–Kier alpha value is -1.92. The molecule has 0 radical (unpaired) electrons. The summed E-state index contributed by atoms with van der Waals surface area (Å²) in [7, 11) is 0. The van der Waals surface area contributed by atoms with Gasteiger partial charge in [-0.25, -0.2) is 4.79 Å². The lowest BCUT2D eigenvalue weighted by molar-refractivity contribution is -0.130. The maximum Gasteiger partial charge on any atom is 0.321 e. The highest BCUT2D eigenvalue weighted by Crippen LogP contribution is 2.13. The molecule has 6 heteroatoms. The third-order valence-corrected chi connectivity index (χ3v) is 3.91. The van der Waals surface area contributed by atoms with Crippen molar-refractivity contribution in [2.75, 3.05) is 13.1 Å². The number of nitrogens with one attached hydrogen (secondary N) is 2. The molecule has 0 saturated carbocycles. The maximum absolute atomic E-state index is 12.2. The van der Waals surface area contributed by atoms with Crippen LogP contribution in [0.2, 0.25) is 0 Å². The molecule has 0 aromatic heterocycles. The summed E-state index contributed by atoms with van der Waals surface area (Å²) < 4.78 is 5.66. The van der Waals surface area contributed by atoms with E-state index >= 15 is 0 Å². The second kappa shape index (κ2) is 8.08. The molecule has 0 aliphatic carbocycles. The summed E-state index contributed by atoms with van der Waals surface area (Å²) in [4.78, 5) is 26.1. The van der Waals surface area contributed by atoms with Gasteiger partial charge in [-0.15, -0.1) is 0 Å². The van der Waals surface area contributed by atoms with Gasteiger partial charge in [0.05, 0.1) is 18.2 Å². The van der Waals surface area contributed by atoms with Crippen molar-refractivity contribution >= 4 is 11.9 Å². The fourth-order valence-corrected chi connectivity index (χ4v) is 2.74. The number of carbonyl (C=O) groups excluding carboxylic acids is 2. The number of amides is 3. The minimum Gasteiger partial charge on any atom is -0.373 e. The van der Waals surface area contributed by atoms with Crippen LogP contribution in [-0.2, 0) is 16.1 Å². The lowest BCUT2D eigenvalue weighted by Gasteiger charge is -2.38. The fraction of sp³-hybridized carbons (Fsp3) is 0.529. The van der Waals surface area contributed by atoms with Gasteiger partial charge in [0.1, 0.15) is 0 Å². The summed E-state index contributed by atoms with van der Waals surface area (Å²) >= 11 is 0. The predicted octanol–water partition coefficient (Wildman–Crippen LogP) is 1.51. The molecule has 2 rings (SSSR count). The number of benzene rings is 1. The SMILES string of the molecule is C[C@@H]1CN([C@@H](C)C(=O)NC(=O)NCc2ccccc2)C[C@H](C)O1. The molecular formula is C17H25N3O3. The molecule has 0 bridgehead atoms. The maximum atomic E-state index is 12.2. The Bertz CT molecular complexity index is 525. The van der Waals surface area contributed by atoms with Crippen LogP contribution < -0.4 is 10.6 Å². The Morgan fingerprint density at radius 2 is 1.83 bits per heavy atom. The van der Waals surface area contributed by atoms with E-state index in [-0.39, 0.29) is 24.2 Å². The van der Waals surface area contributed by atoms with Gasteiger partial charge in [0, 0.05) is 19.6 Å². The molecular weight excluding hydrogens is 294 g/mol. The predicted molar refractivity (Wildman–Crippen MR) is 87.9 cm³/mol. The third kappa shape index (κ3) is 5.33. The molecule has 1 fully saturated rings. The Morgan fingerprint density at radius 1 is 1.22 bits per heavy atom. The van der Waals surface area contributed by atoms with E-state index in [2.05, 4.69) is 10.6 Å². The summed E-state index contributed by atoms with van der Waals surface area (Å²) in [6.07, 6.45) is 0.168. The molecule has 2 N–H and O–H groups in total. The fourth-order valence-electron chi connectivity index (χ4n) is 2.74. The smallest absolute Gasteiger partial charge is 0.321 e. The quantitative estimate of drug-likeness (QED) is 0.882. The van der Waals surface area contributed by atoms with Gasteiger partial charge in [-0.3, -0.25) is 15.0 Å². The minimum atomic E-state index is -0.472. The molecule has 3 atom stereocenters. The van der Waals surface area contributed by atoms with Crippen molar-refractivity contribution in [3.8, 4) is 0 Å². The lowest BCUT2D eigenvalue weighted by atomic mass is 10.1. The second-order valence-corrected chi connectivity index (χ2v) is 6.04. The number of hydrogen-bond acceptors (Lipinski definition) is 4. The van der Waals surface area contributed by atoms with Gasteiger partial charge in [0.2, 0.25) is 5.91 Å². The van der Waals surface area contributed by atoms with Gasteiger partial charge in [0.25, 0.3) is 0 Å². The number of nitrogens with zero attached hydrogens (tertiary/aromatic N) is 1. The van der Waals surface area contributed by atoms with Gasteiger partial charge >= 0.3 is 6.03 Å². The van der Waals surface area contributed by atoms with Gasteiger partial charge in [-0.05, 0) is 26.3 Å². The molecule has 23 heavy (non-hydrogen) atoms. The van der Waals surface area contributed by atoms with Crippen LogP contribution >= 0.6 is 0 Å². The highest BCUT2D eigenvalue weighted by Gasteiger charge is 2.29. The normalized spacial score (nSPS) is 23.1. The van der Waals surface area contributed by atoms with Crippen LogP contribution in [0.1, 0.15) is 26.3 Å². The van der Waals surface area contributed by atoms with Crippen LogP contribution in [0.3, 0.4) is 0 Å². The number of rotatable bonds is 4. The number of hydrogen-bond donors (Lipinski definition) is 2. The van der Waals surface area contributed by atoms with Crippen LogP contribution in [0.4, 0.5) is 4.79 Å². The van der Waals surface area contributed by atoms with Crippen LogP contribution in [0, 0.1) is 0 Å². The molecule has 1 aromatic rings. The molecule has 1 saturated heterocycles. The van der Waals surface area contributed by atoms with Crippen molar-refractivity contribution < 1.29 is 14.3 Å². The number of imide groups is 1. The van der Waals surface area contributed by atoms with E-state index in [9.17, 15) is 9.59 Å². The van der Waals surface area contributed by atoms with Crippen molar-refractivity contribution in [2.24, 2.45) is 0 Å².